The molecule has 1 aliphatic carbocycles. The van der Waals surface area contributed by atoms with Gasteiger partial charge in [-0.15, -0.1) is 11.3 Å². The molecule has 0 radical (unpaired) electrons. The van der Waals surface area contributed by atoms with Crippen LogP contribution >= 0.6 is 11.3 Å². The van der Waals surface area contributed by atoms with Gasteiger partial charge in [0.2, 0.25) is 0 Å². The van der Waals surface area contributed by atoms with Crippen LogP contribution in [0.4, 0.5) is 0 Å². The average molecular weight is 291 g/mol. The van der Waals surface area contributed by atoms with Crippen molar-refractivity contribution in [2.75, 3.05) is 7.05 Å². The topological polar surface area (TPSA) is 29.3 Å². The van der Waals surface area contributed by atoms with E-state index in [-0.39, 0.29) is 0 Å². The molecule has 0 saturated heterocycles. The molecule has 3 atom stereocenters. The first-order chi connectivity index (χ1) is 9.67. The summed E-state index contributed by atoms with van der Waals surface area (Å²) in [5.74, 6) is 2.42. The second kappa shape index (κ2) is 5.86. The fourth-order valence-electron chi connectivity index (χ4n) is 3.65. The molecule has 0 aromatic carbocycles. The van der Waals surface area contributed by atoms with Crippen LogP contribution < -0.4 is 5.32 Å². The van der Waals surface area contributed by atoms with Crippen LogP contribution in [0.2, 0.25) is 0 Å². The normalized spacial score (nSPS) is 27.5. The second-order valence-electron chi connectivity index (χ2n) is 6.50. The number of aromatic nitrogens is 2. The van der Waals surface area contributed by atoms with E-state index >= 15 is 0 Å². The monoisotopic (exact) mass is 291 g/mol. The van der Waals surface area contributed by atoms with Crippen molar-refractivity contribution in [2.24, 2.45) is 17.8 Å². The maximum absolute atomic E-state index is 4.76. The lowest BCUT2D eigenvalue weighted by molar-refractivity contribution is 0.172. The molecule has 3 rings (SSSR count). The summed E-state index contributed by atoms with van der Waals surface area (Å²) in [5.41, 5.74) is 1.26. The molecule has 2 aromatic heterocycles. The van der Waals surface area contributed by atoms with Gasteiger partial charge in [0.05, 0.1) is 5.69 Å². The summed E-state index contributed by atoms with van der Waals surface area (Å²) in [5, 5.41) is 5.62. The zero-order chi connectivity index (χ0) is 14.1. The Balaban J connectivity index is 1.73. The van der Waals surface area contributed by atoms with Crippen molar-refractivity contribution in [1.82, 2.24) is 14.7 Å². The van der Waals surface area contributed by atoms with Crippen molar-refractivity contribution in [3.8, 4) is 0 Å². The Hall–Kier alpha value is -0.870. The van der Waals surface area contributed by atoms with E-state index in [2.05, 4.69) is 48.4 Å². The first-order valence-corrected chi connectivity index (χ1v) is 8.63. The largest absolute Gasteiger partial charge is 0.317 e. The van der Waals surface area contributed by atoms with Gasteiger partial charge in [0, 0.05) is 23.8 Å². The van der Waals surface area contributed by atoms with E-state index in [1.54, 1.807) is 11.3 Å². The SMILES string of the molecule is CNC1CCC(C(C)C)CC1Cc1cn2ccsc2n1. The highest BCUT2D eigenvalue weighted by Gasteiger charge is 2.31. The van der Waals surface area contributed by atoms with Gasteiger partial charge in [-0.3, -0.25) is 4.40 Å². The third-order valence-electron chi connectivity index (χ3n) is 4.95. The summed E-state index contributed by atoms with van der Waals surface area (Å²) in [6, 6.07) is 0.657. The van der Waals surface area contributed by atoms with Crippen LogP contribution in [0.3, 0.4) is 0 Å². The minimum atomic E-state index is 0.657. The fourth-order valence-corrected chi connectivity index (χ4v) is 4.37. The molecule has 110 valence electrons. The molecule has 0 spiro atoms. The maximum atomic E-state index is 4.76. The summed E-state index contributed by atoms with van der Waals surface area (Å²) in [6.07, 6.45) is 9.45. The number of hydrogen-bond acceptors (Lipinski definition) is 3. The first kappa shape index (κ1) is 14.1. The van der Waals surface area contributed by atoms with E-state index in [9.17, 15) is 0 Å². The average Bonchev–Trinajstić information content (AvgIpc) is 2.99. The molecule has 0 amide bonds. The van der Waals surface area contributed by atoms with Crippen molar-refractivity contribution >= 4 is 16.3 Å². The number of thiazole rings is 1. The number of nitrogens with zero attached hydrogens (tertiary/aromatic N) is 2. The molecular weight excluding hydrogens is 266 g/mol. The number of nitrogens with one attached hydrogen (secondary N) is 1. The zero-order valence-corrected chi connectivity index (χ0v) is 13.5. The van der Waals surface area contributed by atoms with Crippen LogP contribution in [0.5, 0.6) is 0 Å². The zero-order valence-electron chi connectivity index (χ0n) is 12.7. The molecule has 0 aliphatic heterocycles. The third kappa shape index (κ3) is 2.77. The van der Waals surface area contributed by atoms with Crippen molar-refractivity contribution < 1.29 is 0 Å². The van der Waals surface area contributed by atoms with E-state index in [0.717, 1.165) is 29.1 Å². The lowest BCUT2D eigenvalue weighted by Crippen LogP contribution is -2.40. The molecule has 20 heavy (non-hydrogen) atoms. The van der Waals surface area contributed by atoms with E-state index in [0.29, 0.717) is 6.04 Å². The molecule has 1 aliphatic rings. The van der Waals surface area contributed by atoms with Crippen LogP contribution in [0.15, 0.2) is 17.8 Å². The Bertz CT molecular complexity index is 528. The molecule has 0 bridgehead atoms. The highest BCUT2D eigenvalue weighted by molar-refractivity contribution is 7.15. The van der Waals surface area contributed by atoms with Crippen molar-refractivity contribution in [3.05, 3.63) is 23.5 Å². The van der Waals surface area contributed by atoms with E-state index in [4.69, 9.17) is 4.98 Å². The van der Waals surface area contributed by atoms with Crippen LogP contribution in [-0.2, 0) is 6.42 Å². The smallest absolute Gasteiger partial charge is 0.193 e. The quantitative estimate of drug-likeness (QED) is 0.932. The lowest BCUT2D eigenvalue weighted by Gasteiger charge is -2.37. The summed E-state index contributed by atoms with van der Waals surface area (Å²) >= 11 is 1.72. The fraction of sp³-hybridized carbons (Fsp3) is 0.688. The molecular formula is C16H25N3S. The van der Waals surface area contributed by atoms with Gasteiger partial charge in [-0.1, -0.05) is 13.8 Å². The molecule has 4 heteroatoms. The summed E-state index contributed by atoms with van der Waals surface area (Å²) in [7, 11) is 2.11. The van der Waals surface area contributed by atoms with Gasteiger partial charge in [-0.2, -0.15) is 0 Å². The van der Waals surface area contributed by atoms with Crippen LogP contribution in [-0.4, -0.2) is 22.5 Å². The van der Waals surface area contributed by atoms with Gasteiger partial charge < -0.3 is 5.32 Å². The minimum Gasteiger partial charge on any atom is -0.317 e. The molecule has 1 fully saturated rings. The predicted octanol–water partition coefficient (Wildman–Crippen LogP) is 3.60. The molecule has 2 aromatic rings. The summed E-state index contributed by atoms with van der Waals surface area (Å²) < 4.78 is 2.15. The van der Waals surface area contributed by atoms with Crippen molar-refractivity contribution in [2.45, 2.75) is 45.6 Å². The molecule has 2 heterocycles. The van der Waals surface area contributed by atoms with E-state index in [1.807, 2.05) is 0 Å². The van der Waals surface area contributed by atoms with Crippen LogP contribution in [0.1, 0.15) is 38.8 Å². The number of fused-ring (bicyclic) bond motifs is 1. The highest BCUT2D eigenvalue weighted by Crippen LogP contribution is 2.35. The summed E-state index contributed by atoms with van der Waals surface area (Å²) in [6.45, 7) is 4.74. The standard InChI is InChI=1S/C16H25N3S/c1-11(2)12-4-5-15(17-3)13(8-12)9-14-10-19-6-7-20-16(19)18-14/h6-7,10-13,15,17H,4-5,8-9H2,1-3H3. The van der Waals surface area contributed by atoms with Gasteiger partial charge in [-0.05, 0) is 50.5 Å². The van der Waals surface area contributed by atoms with Gasteiger partial charge >= 0.3 is 0 Å². The Kier molecular flexibility index (Phi) is 4.13. The molecule has 3 nitrogen and oxygen atoms in total. The third-order valence-corrected chi connectivity index (χ3v) is 5.72. The number of rotatable bonds is 4. The molecule has 3 unspecified atom stereocenters. The van der Waals surface area contributed by atoms with Gasteiger partial charge in [0.25, 0.3) is 0 Å². The molecule has 1 saturated carbocycles. The molecule has 1 N–H and O–H groups in total. The van der Waals surface area contributed by atoms with Crippen molar-refractivity contribution in [1.29, 1.82) is 0 Å². The van der Waals surface area contributed by atoms with E-state index in [1.165, 1.54) is 25.0 Å². The van der Waals surface area contributed by atoms with Crippen LogP contribution in [0, 0.1) is 17.8 Å². The van der Waals surface area contributed by atoms with Gasteiger partial charge in [0.15, 0.2) is 4.96 Å². The van der Waals surface area contributed by atoms with E-state index < -0.39 is 0 Å². The minimum absolute atomic E-state index is 0.657. The Morgan fingerprint density at radius 3 is 3.00 bits per heavy atom. The van der Waals surface area contributed by atoms with Gasteiger partial charge in [0.1, 0.15) is 0 Å². The second-order valence-corrected chi connectivity index (χ2v) is 7.37. The van der Waals surface area contributed by atoms with Crippen molar-refractivity contribution in [3.63, 3.8) is 0 Å². The first-order valence-electron chi connectivity index (χ1n) is 7.75. The highest BCUT2D eigenvalue weighted by atomic mass is 32.1. The van der Waals surface area contributed by atoms with Gasteiger partial charge in [-0.25, -0.2) is 4.98 Å². The number of hydrogen-bond donors (Lipinski definition) is 1. The Morgan fingerprint density at radius 2 is 2.30 bits per heavy atom. The number of imidazole rings is 1. The Labute approximate surface area is 125 Å². The Morgan fingerprint density at radius 1 is 1.45 bits per heavy atom. The summed E-state index contributed by atoms with van der Waals surface area (Å²) in [4.78, 5) is 5.88. The lowest BCUT2D eigenvalue weighted by atomic mass is 9.72. The van der Waals surface area contributed by atoms with Crippen LogP contribution in [0.25, 0.3) is 4.96 Å². The maximum Gasteiger partial charge on any atom is 0.193 e. The predicted molar refractivity (Wildman–Crippen MR) is 85.3 cm³/mol.